The summed E-state index contributed by atoms with van der Waals surface area (Å²) >= 11 is 1.84. The summed E-state index contributed by atoms with van der Waals surface area (Å²) < 4.78 is 0. The van der Waals surface area contributed by atoms with Crippen LogP contribution in [0, 0.1) is 5.92 Å². The van der Waals surface area contributed by atoms with E-state index in [1.54, 1.807) is 0 Å². The maximum Gasteiger partial charge on any atom is 0.102 e. The number of hydrogen-bond acceptors (Lipinski definition) is 2. The van der Waals surface area contributed by atoms with Crippen molar-refractivity contribution in [2.75, 3.05) is 11.5 Å². The molecule has 0 amide bonds. The average molecular weight is 222 g/mol. The SMILES string of the molecule is CCc1ccc([C@]2(O)CSC[C@@H]2C)cc1. The van der Waals surface area contributed by atoms with Crippen LogP contribution in [0.15, 0.2) is 24.3 Å². The van der Waals surface area contributed by atoms with Gasteiger partial charge in [0.15, 0.2) is 0 Å². The number of aryl methyl sites for hydroxylation is 1. The van der Waals surface area contributed by atoms with Crippen LogP contribution in [0.1, 0.15) is 25.0 Å². The summed E-state index contributed by atoms with van der Waals surface area (Å²) in [5, 5.41) is 10.6. The molecule has 1 fully saturated rings. The highest BCUT2D eigenvalue weighted by molar-refractivity contribution is 7.99. The van der Waals surface area contributed by atoms with E-state index in [1.807, 2.05) is 11.8 Å². The Morgan fingerprint density at radius 3 is 2.53 bits per heavy atom. The van der Waals surface area contributed by atoms with Crippen molar-refractivity contribution in [1.29, 1.82) is 0 Å². The van der Waals surface area contributed by atoms with E-state index in [0.29, 0.717) is 5.92 Å². The molecule has 1 aromatic rings. The van der Waals surface area contributed by atoms with Crippen molar-refractivity contribution in [2.45, 2.75) is 25.9 Å². The van der Waals surface area contributed by atoms with Crippen LogP contribution >= 0.6 is 11.8 Å². The lowest BCUT2D eigenvalue weighted by Crippen LogP contribution is -2.32. The number of benzene rings is 1. The van der Waals surface area contributed by atoms with Crippen LogP contribution < -0.4 is 0 Å². The minimum absolute atomic E-state index is 0.356. The number of aliphatic hydroxyl groups is 1. The van der Waals surface area contributed by atoms with Gasteiger partial charge in [0.1, 0.15) is 5.60 Å². The van der Waals surface area contributed by atoms with E-state index in [2.05, 4.69) is 38.1 Å². The normalized spacial score (nSPS) is 30.7. The fourth-order valence-electron chi connectivity index (χ4n) is 2.07. The lowest BCUT2D eigenvalue weighted by Gasteiger charge is -2.27. The molecule has 2 heteroatoms. The molecule has 1 nitrogen and oxygen atoms in total. The molecule has 0 radical (unpaired) electrons. The van der Waals surface area contributed by atoms with Gasteiger partial charge in [-0.15, -0.1) is 0 Å². The lowest BCUT2D eigenvalue weighted by molar-refractivity contribution is 0.0234. The predicted octanol–water partition coefficient (Wildman–Crippen LogP) is 2.82. The molecule has 1 N–H and O–H groups in total. The summed E-state index contributed by atoms with van der Waals surface area (Å²) in [5.74, 6) is 2.25. The minimum Gasteiger partial charge on any atom is -0.384 e. The zero-order chi connectivity index (χ0) is 10.9. The van der Waals surface area contributed by atoms with Crippen molar-refractivity contribution in [3.05, 3.63) is 35.4 Å². The monoisotopic (exact) mass is 222 g/mol. The van der Waals surface area contributed by atoms with E-state index < -0.39 is 5.60 Å². The number of thioether (sulfide) groups is 1. The van der Waals surface area contributed by atoms with Crippen molar-refractivity contribution in [3.8, 4) is 0 Å². The molecular formula is C13H18OS. The topological polar surface area (TPSA) is 20.2 Å². The number of rotatable bonds is 2. The molecule has 82 valence electrons. The Hall–Kier alpha value is -0.470. The Balaban J connectivity index is 2.28. The van der Waals surface area contributed by atoms with Gasteiger partial charge < -0.3 is 5.11 Å². The zero-order valence-corrected chi connectivity index (χ0v) is 10.2. The van der Waals surface area contributed by atoms with Gasteiger partial charge in [0.05, 0.1) is 0 Å². The molecule has 15 heavy (non-hydrogen) atoms. The maximum absolute atomic E-state index is 10.6. The fraction of sp³-hybridized carbons (Fsp3) is 0.538. The van der Waals surface area contributed by atoms with Crippen LogP contribution in [0.25, 0.3) is 0 Å². The van der Waals surface area contributed by atoms with Gasteiger partial charge in [-0.05, 0) is 29.2 Å². The van der Waals surface area contributed by atoms with Crippen LogP contribution in [-0.4, -0.2) is 16.6 Å². The Bertz CT molecular complexity index is 333. The molecule has 0 spiro atoms. The van der Waals surface area contributed by atoms with Gasteiger partial charge >= 0.3 is 0 Å². The maximum atomic E-state index is 10.6. The fourth-order valence-corrected chi connectivity index (χ4v) is 3.58. The van der Waals surface area contributed by atoms with Gasteiger partial charge in [-0.25, -0.2) is 0 Å². The van der Waals surface area contributed by atoms with Crippen LogP contribution in [0.5, 0.6) is 0 Å². The van der Waals surface area contributed by atoms with Crippen molar-refractivity contribution < 1.29 is 5.11 Å². The Labute approximate surface area is 95.9 Å². The van der Waals surface area contributed by atoms with E-state index in [4.69, 9.17) is 0 Å². The summed E-state index contributed by atoms with van der Waals surface area (Å²) in [4.78, 5) is 0. The Morgan fingerprint density at radius 1 is 1.40 bits per heavy atom. The highest BCUT2D eigenvalue weighted by Crippen LogP contribution is 2.41. The third-order valence-corrected chi connectivity index (χ3v) is 4.75. The van der Waals surface area contributed by atoms with E-state index >= 15 is 0 Å². The second-order valence-electron chi connectivity index (χ2n) is 4.39. The van der Waals surface area contributed by atoms with Crippen LogP contribution in [0.3, 0.4) is 0 Å². The van der Waals surface area contributed by atoms with Gasteiger partial charge in [-0.3, -0.25) is 0 Å². The average Bonchev–Trinajstić information content (AvgIpc) is 2.61. The molecule has 2 rings (SSSR count). The van der Waals surface area contributed by atoms with Crippen molar-refractivity contribution >= 4 is 11.8 Å². The van der Waals surface area contributed by atoms with Crippen molar-refractivity contribution in [2.24, 2.45) is 5.92 Å². The van der Waals surface area contributed by atoms with Gasteiger partial charge in [0, 0.05) is 5.75 Å². The van der Waals surface area contributed by atoms with Crippen molar-refractivity contribution in [1.82, 2.24) is 0 Å². The largest absolute Gasteiger partial charge is 0.384 e. The van der Waals surface area contributed by atoms with Gasteiger partial charge in [-0.1, -0.05) is 38.1 Å². The molecule has 0 unspecified atom stereocenters. The minimum atomic E-state index is -0.600. The highest BCUT2D eigenvalue weighted by atomic mass is 32.2. The first-order valence-electron chi connectivity index (χ1n) is 5.56. The third-order valence-electron chi connectivity index (χ3n) is 3.37. The Kier molecular flexibility index (Phi) is 3.08. The lowest BCUT2D eigenvalue weighted by atomic mass is 9.85. The van der Waals surface area contributed by atoms with Gasteiger partial charge in [-0.2, -0.15) is 11.8 Å². The summed E-state index contributed by atoms with van der Waals surface area (Å²) in [6.07, 6.45) is 1.06. The van der Waals surface area contributed by atoms with Crippen LogP contribution in [-0.2, 0) is 12.0 Å². The highest BCUT2D eigenvalue weighted by Gasteiger charge is 2.40. The van der Waals surface area contributed by atoms with Crippen LogP contribution in [0.4, 0.5) is 0 Å². The third kappa shape index (κ3) is 1.93. The van der Waals surface area contributed by atoms with Crippen LogP contribution in [0.2, 0.25) is 0 Å². The molecule has 2 atom stereocenters. The molecule has 1 aromatic carbocycles. The zero-order valence-electron chi connectivity index (χ0n) is 9.36. The molecule has 0 bridgehead atoms. The van der Waals surface area contributed by atoms with E-state index in [9.17, 15) is 5.11 Å². The second-order valence-corrected chi connectivity index (χ2v) is 5.42. The second kappa shape index (κ2) is 4.18. The Morgan fingerprint density at radius 2 is 2.07 bits per heavy atom. The molecule has 1 aliphatic heterocycles. The molecule has 0 saturated carbocycles. The summed E-state index contributed by atoms with van der Waals surface area (Å²) in [6, 6.07) is 8.43. The quantitative estimate of drug-likeness (QED) is 0.830. The van der Waals surface area contributed by atoms with E-state index in [0.717, 1.165) is 23.5 Å². The van der Waals surface area contributed by atoms with Crippen molar-refractivity contribution in [3.63, 3.8) is 0 Å². The molecule has 1 saturated heterocycles. The molecule has 1 heterocycles. The predicted molar refractivity (Wildman–Crippen MR) is 66.2 cm³/mol. The summed E-state index contributed by atoms with van der Waals surface area (Å²) in [7, 11) is 0. The summed E-state index contributed by atoms with van der Waals surface area (Å²) in [6.45, 7) is 4.28. The standard InChI is InChI=1S/C13H18OS/c1-3-11-4-6-12(7-5-11)13(14)9-15-8-10(13)2/h4-7,10,14H,3,8-9H2,1-2H3/t10-,13-/m0/s1. The van der Waals surface area contributed by atoms with Gasteiger partial charge in [0.25, 0.3) is 0 Å². The van der Waals surface area contributed by atoms with E-state index in [-0.39, 0.29) is 0 Å². The summed E-state index contributed by atoms with van der Waals surface area (Å²) in [5.41, 5.74) is 1.81. The first kappa shape index (κ1) is 11.0. The number of hydrogen-bond donors (Lipinski definition) is 1. The molecule has 0 aromatic heterocycles. The smallest absolute Gasteiger partial charge is 0.102 e. The molecular weight excluding hydrogens is 204 g/mol. The first-order valence-corrected chi connectivity index (χ1v) is 6.72. The molecule has 1 aliphatic rings. The first-order chi connectivity index (χ1) is 7.16. The van der Waals surface area contributed by atoms with Gasteiger partial charge in [0.2, 0.25) is 0 Å². The van der Waals surface area contributed by atoms with E-state index in [1.165, 1.54) is 5.56 Å². The molecule has 0 aliphatic carbocycles.